The van der Waals surface area contributed by atoms with Crippen molar-refractivity contribution in [2.75, 3.05) is 24.6 Å². The van der Waals surface area contributed by atoms with Crippen LogP contribution in [0.2, 0.25) is 0 Å². The number of alkyl halides is 3. The Morgan fingerprint density at radius 2 is 2.04 bits per heavy atom. The van der Waals surface area contributed by atoms with Crippen LogP contribution in [0, 0.1) is 16.0 Å². The third-order valence-corrected chi connectivity index (χ3v) is 5.36. The van der Waals surface area contributed by atoms with Crippen molar-refractivity contribution in [3.05, 3.63) is 28.3 Å². The van der Waals surface area contributed by atoms with E-state index >= 15 is 0 Å². The van der Waals surface area contributed by atoms with Crippen LogP contribution in [0.4, 0.5) is 24.5 Å². The van der Waals surface area contributed by atoms with Gasteiger partial charge < -0.3 is 10.0 Å². The highest BCUT2D eigenvalue weighted by atomic mass is 32.2. The van der Waals surface area contributed by atoms with Gasteiger partial charge in [0.15, 0.2) is 0 Å². The Kier molecular flexibility index (Phi) is 5.04. The molecule has 1 heterocycles. The minimum absolute atomic E-state index is 0.0410. The highest BCUT2D eigenvalue weighted by Crippen LogP contribution is 2.37. The van der Waals surface area contributed by atoms with Crippen LogP contribution in [-0.4, -0.2) is 43.7 Å². The summed E-state index contributed by atoms with van der Waals surface area (Å²) in [6, 6.07) is 2.16. The summed E-state index contributed by atoms with van der Waals surface area (Å²) in [5.41, 5.74) is -6.20. The number of hydrogen-bond acceptors (Lipinski definition) is 6. The molecule has 2 rings (SSSR count). The summed E-state index contributed by atoms with van der Waals surface area (Å²) in [5.74, 6) is -0.100. The molecule has 7 nitrogen and oxygen atoms in total. The van der Waals surface area contributed by atoms with Gasteiger partial charge in [-0.25, -0.2) is 8.42 Å². The summed E-state index contributed by atoms with van der Waals surface area (Å²) in [4.78, 5) is 10.7. The number of rotatable bonds is 4. The highest BCUT2D eigenvalue weighted by Gasteiger charge is 2.47. The molecule has 0 amide bonds. The summed E-state index contributed by atoms with van der Waals surface area (Å²) < 4.78 is 60.7. The standard InChI is InChI=1S/C13H15F3N2O5S/c14-13(15,16)24(22,23)10-3-4-11(12(6-10)18(20)21)17-5-1-2-9(7-17)8-19/h3-4,6,9,19H,1-2,5,7-8H2. The van der Waals surface area contributed by atoms with Gasteiger partial charge in [-0.15, -0.1) is 0 Å². The Balaban J connectivity index is 2.47. The number of piperidine rings is 1. The van der Waals surface area contributed by atoms with Gasteiger partial charge >= 0.3 is 5.51 Å². The maximum absolute atomic E-state index is 12.6. The van der Waals surface area contributed by atoms with E-state index in [1.165, 1.54) is 0 Å². The normalized spacial score (nSPS) is 19.3. The predicted molar refractivity (Wildman–Crippen MR) is 78.4 cm³/mol. The Morgan fingerprint density at radius 3 is 2.58 bits per heavy atom. The molecule has 1 N–H and O–H groups in total. The van der Waals surface area contributed by atoms with Gasteiger partial charge in [0.2, 0.25) is 0 Å². The molecule has 1 aromatic carbocycles. The largest absolute Gasteiger partial charge is 0.501 e. The fraction of sp³-hybridized carbons (Fsp3) is 0.538. The zero-order valence-electron chi connectivity index (χ0n) is 12.4. The minimum Gasteiger partial charge on any atom is -0.396 e. The van der Waals surface area contributed by atoms with Crippen molar-refractivity contribution < 1.29 is 31.6 Å². The van der Waals surface area contributed by atoms with E-state index in [2.05, 4.69) is 0 Å². The summed E-state index contributed by atoms with van der Waals surface area (Å²) in [7, 11) is -5.66. The van der Waals surface area contributed by atoms with Gasteiger partial charge in [-0.1, -0.05) is 0 Å². The van der Waals surface area contributed by atoms with E-state index in [0.29, 0.717) is 31.6 Å². The molecule has 24 heavy (non-hydrogen) atoms. The first-order chi connectivity index (χ1) is 11.1. The summed E-state index contributed by atoms with van der Waals surface area (Å²) in [6.45, 7) is 0.635. The number of halogens is 3. The van der Waals surface area contributed by atoms with Crippen LogP contribution in [0.25, 0.3) is 0 Å². The highest BCUT2D eigenvalue weighted by molar-refractivity contribution is 7.92. The zero-order chi connectivity index (χ0) is 18.1. The van der Waals surface area contributed by atoms with E-state index in [4.69, 9.17) is 0 Å². The predicted octanol–water partition coefficient (Wildman–Crippen LogP) is 2.10. The number of anilines is 1. The first-order valence-electron chi connectivity index (χ1n) is 7.03. The van der Waals surface area contributed by atoms with Crippen LogP contribution in [0.15, 0.2) is 23.1 Å². The van der Waals surface area contributed by atoms with Gasteiger partial charge in [0.25, 0.3) is 15.5 Å². The van der Waals surface area contributed by atoms with Gasteiger partial charge in [-0.3, -0.25) is 10.1 Å². The molecule has 0 saturated carbocycles. The lowest BCUT2D eigenvalue weighted by molar-refractivity contribution is -0.384. The van der Waals surface area contributed by atoms with Crippen LogP contribution in [0.3, 0.4) is 0 Å². The van der Waals surface area contributed by atoms with E-state index in [1.807, 2.05) is 0 Å². The third-order valence-electron chi connectivity index (χ3n) is 3.88. The zero-order valence-corrected chi connectivity index (χ0v) is 13.2. The molecule has 134 valence electrons. The van der Waals surface area contributed by atoms with Gasteiger partial charge in [-0.2, -0.15) is 13.2 Å². The molecule has 1 aliphatic rings. The molecule has 0 bridgehead atoms. The molecule has 11 heteroatoms. The maximum Gasteiger partial charge on any atom is 0.501 e. The van der Waals surface area contributed by atoms with Crippen molar-refractivity contribution in [2.24, 2.45) is 5.92 Å². The Labute approximate surface area is 135 Å². The van der Waals surface area contributed by atoms with Crippen molar-refractivity contribution >= 4 is 21.2 Å². The van der Waals surface area contributed by atoms with Crippen molar-refractivity contribution in [1.29, 1.82) is 0 Å². The molecular formula is C13H15F3N2O5S. The van der Waals surface area contributed by atoms with Gasteiger partial charge in [0.05, 0.1) is 9.82 Å². The monoisotopic (exact) mass is 368 g/mol. The Morgan fingerprint density at radius 1 is 1.38 bits per heavy atom. The average Bonchev–Trinajstić information content (AvgIpc) is 2.53. The SMILES string of the molecule is O=[N+]([O-])c1cc(S(=O)(=O)C(F)(F)F)ccc1N1CCCC(CO)C1. The van der Waals surface area contributed by atoms with E-state index < -0.39 is 30.9 Å². The van der Waals surface area contributed by atoms with E-state index in [1.54, 1.807) is 4.90 Å². The van der Waals surface area contributed by atoms with Crippen molar-refractivity contribution in [1.82, 2.24) is 0 Å². The maximum atomic E-state index is 12.6. The van der Waals surface area contributed by atoms with E-state index in [9.17, 15) is 36.8 Å². The molecule has 0 spiro atoms. The summed E-state index contributed by atoms with van der Waals surface area (Å²) in [6.07, 6.45) is 1.40. The van der Waals surface area contributed by atoms with Crippen LogP contribution in [-0.2, 0) is 9.84 Å². The van der Waals surface area contributed by atoms with Crippen molar-refractivity contribution in [2.45, 2.75) is 23.2 Å². The smallest absolute Gasteiger partial charge is 0.396 e. The number of aliphatic hydroxyl groups excluding tert-OH is 1. The number of nitro groups is 1. The van der Waals surface area contributed by atoms with Crippen LogP contribution >= 0.6 is 0 Å². The topological polar surface area (TPSA) is 101 Å². The molecule has 0 radical (unpaired) electrons. The fourth-order valence-corrected chi connectivity index (χ4v) is 3.43. The summed E-state index contributed by atoms with van der Waals surface area (Å²) >= 11 is 0. The lowest BCUT2D eigenvalue weighted by atomic mass is 9.98. The first kappa shape index (κ1) is 18.5. The molecule has 0 aliphatic carbocycles. The molecule has 1 unspecified atom stereocenters. The van der Waals surface area contributed by atoms with E-state index in [0.717, 1.165) is 12.5 Å². The lowest BCUT2D eigenvalue weighted by Crippen LogP contribution is -2.37. The van der Waals surface area contributed by atoms with Crippen LogP contribution in [0.5, 0.6) is 0 Å². The number of aliphatic hydroxyl groups is 1. The number of hydrogen-bond donors (Lipinski definition) is 1. The molecule has 1 saturated heterocycles. The molecule has 1 atom stereocenters. The molecule has 1 aliphatic heterocycles. The van der Waals surface area contributed by atoms with Crippen molar-refractivity contribution in [3.63, 3.8) is 0 Å². The Bertz CT molecular complexity index is 736. The fourth-order valence-electron chi connectivity index (χ4n) is 2.65. The van der Waals surface area contributed by atoms with Gasteiger partial charge in [0.1, 0.15) is 5.69 Å². The van der Waals surface area contributed by atoms with Crippen LogP contribution in [0.1, 0.15) is 12.8 Å². The number of nitrogens with zero attached hydrogens (tertiary/aromatic N) is 2. The number of sulfone groups is 1. The van der Waals surface area contributed by atoms with Crippen LogP contribution < -0.4 is 4.90 Å². The third kappa shape index (κ3) is 3.46. The summed E-state index contributed by atoms with van der Waals surface area (Å²) in [5, 5.41) is 20.4. The molecule has 1 fully saturated rings. The van der Waals surface area contributed by atoms with Gasteiger partial charge in [-0.05, 0) is 30.9 Å². The molecule has 0 aromatic heterocycles. The first-order valence-corrected chi connectivity index (χ1v) is 8.52. The van der Waals surface area contributed by atoms with Crippen molar-refractivity contribution in [3.8, 4) is 0 Å². The molecular weight excluding hydrogens is 353 g/mol. The van der Waals surface area contributed by atoms with E-state index in [-0.39, 0.29) is 18.2 Å². The number of nitro benzene ring substituents is 1. The average molecular weight is 368 g/mol. The minimum atomic E-state index is -5.66. The molecule has 1 aromatic rings. The second kappa shape index (κ2) is 6.55. The second-order valence-corrected chi connectivity index (χ2v) is 7.43. The Hall–Kier alpha value is -1.88. The van der Waals surface area contributed by atoms with Gasteiger partial charge in [0, 0.05) is 25.8 Å². The quantitative estimate of drug-likeness (QED) is 0.645. The lowest BCUT2D eigenvalue weighted by Gasteiger charge is -2.33. The second-order valence-electron chi connectivity index (χ2n) is 5.49. The number of benzene rings is 1.